The van der Waals surface area contributed by atoms with E-state index in [0.717, 1.165) is 60.3 Å². The Morgan fingerprint density at radius 2 is 0.958 bits per heavy atom. The van der Waals surface area contributed by atoms with Crippen LogP contribution in [0.5, 0.6) is 0 Å². The fourth-order valence-electron chi connectivity index (χ4n) is 7.32. The lowest BCUT2D eigenvalue weighted by Crippen LogP contribution is -2.34. The van der Waals surface area contributed by atoms with Gasteiger partial charge in [-0.05, 0) is 72.2 Å². The lowest BCUT2D eigenvalue weighted by Gasteiger charge is -2.26. The normalized spacial score (nSPS) is 14.8. The molecule has 1 unspecified atom stereocenters. The van der Waals surface area contributed by atoms with Crippen LogP contribution >= 0.6 is 31.9 Å². The van der Waals surface area contributed by atoms with E-state index >= 15 is 0 Å². The largest absolute Gasteiger partial charge is 0.307 e. The van der Waals surface area contributed by atoms with Gasteiger partial charge >= 0.3 is 0 Å². The molecule has 1 atom stereocenters. The van der Waals surface area contributed by atoms with Gasteiger partial charge < -0.3 is 9.80 Å². The molecule has 6 heteroatoms. The van der Waals surface area contributed by atoms with Gasteiger partial charge in [-0.1, -0.05) is 148 Å². The van der Waals surface area contributed by atoms with Crippen LogP contribution in [0.3, 0.4) is 0 Å². The van der Waals surface area contributed by atoms with Gasteiger partial charge in [-0.3, -0.25) is 9.59 Å². The van der Waals surface area contributed by atoms with E-state index in [9.17, 15) is 9.59 Å². The number of rotatable bonds is 18. The molecule has 0 N–H and O–H groups in total. The molecule has 0 aliphatic carbocycles. The van der Waals surface area contributed by atoms with E-state index in [2.05, 4.69) is 76.6 Å². The van der Waals surface area contributed by atoms with E-state index in [0.29, 0.717) is 30.5 Å². The van der Waals surface area contributed by atoms with Gasteiger partial charge in [-0.25, -0.2) is 0 Å². The van der Waals surface area contributed by atoms with Crippen molar-refractivity contribution in [2.24, 2.45) is 11.8 Å². The highest BCUT2D eigenvalue weighted by Crippen LogP contribution is 2.33. The van der Waals surface area contributed by atoms with E-state index < -0.39 is 0 Å². The van der Waals surface area contributed by atoms with Crippen LogP contribution in [-0.4, -0.2) is 24.9 Å². The summed E-state index contributed by atoms with van der Waals surface area (Å²) in [6.07, 6.45) is 14.9. The molecule has 2 aliphatic rings. The van der Waals surface area contributed by atoms with Gasteiger partial charge in [0.05, 0.1) is 22.5 Å². The van der Waals surface area contributed by atoms with Crippen molar-refractivity contribution in [1.82, 2.24) is 0 Å². The summed E-state index contributed by atoms with van der Waals surface area (Å²) in [6.45, 7) is 10.2. The second kappa shape index (κ2) is 17.3. The molecule has 0 saturated heterocycles. The maximum atomic E-state index is 14.6. The molecule has 0 bridgehead atoms. The summed E-state index contributed by atoms with van der Waals surface area (Å²) in [5, 5.41) is 1.86. The summed E-state index contributed by atoms with van der Waals surface area (Å²) in [4.78, 5) is 32.8. The Bertz CT molecular complexity index is 1700. The van der Waals surface area contributed by atoms with Crippen LogP contribution in [0.4, 0.5) is 11.4 Å². The first kappa shape index (κ1) is 36.6. The Morgan fingerprint density at radius 1 is 0.562 bits per heavy atom. The summed E-state index contributed by atoms with van der Waals surface area (Å²) < 4.78 is 1.96. The number of fused-ring (bicyclic) bond motifs is 2. The summed E-state index contributed by atoms with van der Waals surface area (Å²) in [6, 6.07) is 20.4. The number of carbonyl (C=O) groups excluding carboxylic acids is 2. The van der Waals surface area contributed by atoms with Crippen molar-refractivity contribution in [2.45, 2.75) is 105 Å². The highest BCUT2D eigenvalue weighted by molar-refractivity contribution is 9.10. The molecule has 2 heterocycles. The number of hydrogen-bond donors (Lipinski definition) is 0. The Morgan fingerprint density at radius 3 is 1.40 bits per heavy atom. The summed E-state index contributed by atoms with van der Waals surface area (Å²) >= 11 is 7.14. The van der Waals surface area contributed by atoms with Gasteiger partial charge in [0, 0.05) is 32.5 Å². The van der Waals surface area contributed by atoms with Gasteiger partial charge in [0.25, 0.3) is 11.8 Å². The number of anilines is 2. The molecular formula is C42H52Br2N2O2. The zero-order valence-corrected chi connectivity index (χ0v) is 32.5. The molecule has 5 rings (SSSR count). The van der Waals surface area contributed by atoms with Gasteiger partial charge in [0.15, 0.2) is 0 Å². The molecule has 0 radical (unpaired) electrons. The fraction of sp³-hybridized carbons (Fsp3) is 0.476. The molecule has 3 aromatic carbocycles. The number of benzene rings is 3. The number of amides is 2. The average molecular weight is 777 g/mol. The fourth-order valence-corrected chi connectivity index (χ4v) is 7.85. The maximum absolute atomic E-state index is 14.6. The van der Waals surface area contributed by atoms with E-state index in [1.807, 2.05) is 53.4 Å². The number of nitrogens with zero attached hydrogens (tertiary/aromatic N) is 2. The molecule has 0 fully saturated rings. The van der Waals surface area contributed by atoms with Gasteiger partial charge in [0.2, 0.25) is 0 Å². The van der Waals surface area contributed by atoms with Gasteiger partial charge in [0.1, 0.15) is 0 Å². The van der Waals surface area contributed by atoms with Crippen LogP contribution < -0.4 is 20.2 Å². The molecule has 0 aromatic heterocycles. The monoisotopic (exact) mass is 774 g/mol. The van der Waals surface area contributed by atoms with Crippen LogP contribution in [0.15, 0.2) is 69.6 Å². The Balaban J connectivity index is 1.60. The number of unbranched alkanes of at least 4 members (excludes halogenated alkanes) is 8. The molecular weight excluding hydrogens is 724 g/mol. The molecule has 3 aromatic rings. The van der Waals surface area contributed by atoms with E-state index in [1.165, 1.54) is 64.2 Å². The van der Waals surface area contributed by atoms with E-state index in [1.54, 1.807) is 0 Å². The minimum absolute atomic E-state index is 0.0321. The molecule has 256 valence electrons. The lowest BCUT2D eigenvalue weighted by atomic mass is 9.93. The van der Waals surface area contributed by atoms with Gasteiger partial charge in [-0.2, -0.15) is 0 Å². The third-order valence-electron chi connectivity index (χ3n) is 9.84. The zero-order valence-electron chi connectivity index (χ0n) is 29.3. The number of halogens is 2. The lowest BCUT2D eigenvalue weighted by molar-refractivity contribution is -0.114. The smallest absolute Gasteiger partial charge is 0.259 e. The average Bonchev–Trinajstić information content (AvgIpc) is 3.48. The number of hydrogen-bond acceptors (Lipinski definition) is 2. The first-order valence-corrected chi connectivity index (χ1v) is 19.9. The summed E-state index contributed by atoms with van der Waals surface area (Å²) in [5.41, 5.74) is 5.11. The standard InChI is InChI=1S/C42H52Br2N2O2/c1-5-7-9-11-12-14-16-30(15-13-10-8-6-2)28-46-38-26-35-37(25-36(38)40(42(46)48)32-19-23-34(44)24-20-32)45(27-29(3)4)41(47)39(35)31-17-21-33(43)22-18-31/h17-26,29-30H,5-16,27-28H2,1-4H3. The maximum Gasteiger partial charge on any atom is 0.259 e. The third-order valence-corrected chi connectivity index (χ3v) is 10.9. The second-order valence-corrected chi connectivity index (χ2v) is 16.0. The Hall–Kier alpha value is -2.70. The molecule has 2 aliphatic heterocycles. The molecule has 0 saturated carbocycles. The quantitative estimate of drug-likeness (QED) is 0.121. The first-order chi connectivity index (χ1) is 23.2. The van der Waals surface area contributed by atoms with Gasteiger partial charge in [-0.15, -0.1) is 0 Å². The van der Waals surface area contributed by atoms with Crippen molar-refractivity contribution >= 4 is 66.2 Å². The van der Waals surface area contributed by atoms with Crippen LogP contribution in [0.1, 0.15) is 116 Å². The summed E-state index contributed by atoms with van der Waals surface area (Å²) in [7, 11) is 0. The van der Waals surface area contributed by atoms with Crippen LogP contribution in [0, 0.1) is 11.8 Å². The molecule has 0 spiro atoms. The first-order valence-electron chi connectivity index (χ1n) is 18.3. The van der Waals surface area contributed by atoms with Crippen molar-refractivity contribution in [1.29, 1.82) is 0 Å². The zero-order chi connectivity index (χ0) is 34.2. The molecule has 48 heavy (non-hydrogen) atoms. The predicted molar refractivity (Wildman–Crippen MR) is 209 cm³/mol. The van der Waals surface area contributed by atoms with E-state index in [-0.39, 0.29) is 11.8 Å². The summed E-state index contributed by atoms with van der Waals surface area (Å²) in [5.74, 6) is 0.841. The van der Waals surface area contributed by atoms with Crippen LogP contribution in [-0.2, 0) is 9.59 Å². The van der Waals surface area contributed by atoms with Crippen molar-refractivity contribution in [3.05, 3.63) is 91.2 Å². The van der Waals surface area contributed by atoms with E-state index in [4.69, 9.17) is 0 Å². The Kier molecular flexibility index (Phi) is 13.2. The van der Waals surface area contributed by atoms with Crippen molar-refractivity contribution in [2.75, 3.05) is 22.9 Å². The number of carbonyl (C=O) groups is 2. The Labute approximate surface area is 304 Å². The predicted octanol–water partition coefficient (Wildman–Crippen LogP) is 10.3. The van der Waals surface area contributed by atoms with Crippen LogP contribution in [0.2, 0.25) is 0 Å². The van der Waals surface area contributed by atoms with Crippen molar-refractivity contribution in [3.8, 4) is 0 Å². The highest BCUT2D eigenvalue weighted by atomic mass is 79.9. The molecule has 4 nitrogen and oxygen atoms in total. The molecule has 2 amide bonds. The van der Waals surface area contributed by atoms with Crippen LogP contribution in [0.25, 0.3) is 11.1 Å². The SMILES string of the molecule is CCCCCCCCC(CCCCCC)CN1C(=O)C(c2ccc(Br)cc2)=c2cc3c(cc21)=C(c1ccc(Br)cc1)C(=O)N3CC(C)C. The third kappa shape index (κ3) is 8.53. The minimum Gasteiger partial charge on any atom is -0.307 e. The minimum atomic E-state index is 0.0321. The van der Waals surface area contributed by atoms with Crippen molar-refractivity contribution < 1.29 is 9.59 Å². The second-order valence-electron chi connectivity index (χ2n) is 14.1. The highest BCUT2D eigenvalue weighted by Gasteiger charge is 2.36. The topological polar surface area (TPSA) is 40.6 Å². The van der Waals surface area contributed by atoms with Crippen molar-refractivity contribution in [3.63, 3.8) is 0 Å².